The molecule has 1 aliphatic heterocycles. The van der Waals surface area contributed by atoms with E-state index in [0.29, 0.717) is 10.8 Å². The van der Waals surface area contributed by atoms with Gasteiger partial charge in [0, 0.05) is 27.1 Å². The van der Waals surface area contributed by atoms with Crippen LogP contribution in [0.3, 0.4) is 0 Å². The van der Waals surface area contributed by atoms with Crippen molar-refractivity contribution in [3.8, 4) is 16.9 Å². The molecule has 190 valence electrons. The van der Waals surface area contributed by atoms with Gasteiger partial charge in [-0.05, 0) is 56.5 Å². The minimum absolute atomic E-state index is 0.0334. The second-order valence-electron chi connectivity index (χ2n) is 9.25. The smallest absolute Gasteiger partial charge is 0.240 e. The molecule has 4 aromatic rings. The summed E-state index contributed by atoms with van der Waals surface area (Å²) in [4.78, 5) is 29.3. The lowest BCUT2D eigenvalue weighted by molar-refractivity contribution is -0.123. The number of aromatic nitrogens is 2. The van der Waals surface area contributed by atoms with Crippen LogP contribution in [0.4, 0.5) is 5.82 Å². The van der Waals surface area contributed by atoms with Crippen molar-refractivity contribution in [3.05, 3.63) is 87.1 Å². The maximum Gasteiger partial charge on any atom is 0.240 e. The molecule has 1 aliphatic rings. The van der Waals surface area contributed by atoms with E-state index >= 15 is 0 Å². The number of aryl methyl sites for hydroxylation is 1. The third-order valence-corrected chi connectivity index (χ3v) is 8.61. The molecule has 0 saturated heterocycles. The third kappa shape index (κ3) is 5.32. The highest BCUT2D eigenvalue weighted by molar-refractivity contribution is 8.00. The molecule has 0 fully saturated rings. The van der Waals surface area contributed by atoms with Crippen LogP contribution in [0.1, 0.15) is 35.1 Å². The third-order valence-electron chi connectivity index (χ3n) is 6.04. The molecule has 2 aromatic carbocycles. The zero-order valence-corrected chi connectivity index (χ0v) is 23.2. The number of hydrogen-bond donors (Lipinski definition) is 1. The number of halogens is 1. The molecule has 0 spiro atoms. The van der Waals surface area contributed by atoms with Crippen molar-refractivity contribution in [1.29, 1.82) is 0 Å². The van der Waals surface area contributed by atoms with E-state index in [0.717, 1.165) is 32.9 Å². The summed E-state index contributed by atoms with van der Waals surface area (Å²) in [6, 6.07) is 19.7. The lowest BCUT2D eigenvalue weighted by Crippen LogP contribution is -2.44. The first-order valence-electron chi connectivity index (χ1n) is 12.0. The molecular weight excluding hydrogens is 524 g/mol. The monoisotopic (exact) mass is 550 g/mol. The Hall–Kier alpha value is -3.07. The Labute approximate surface area is 229 Å². The molecule has 1 N–H and O–H groups in total. The van der Waals surface area contributed by atoms with Gasteiger partial charge in [-0.2, -0.15) is 5.10 Å². The van der Waals surface area contributed by atoms with Gasteiger partial charge in [-0.3, -0.25) is 14.5 Å². The molecule has 1 atom stereocenters. The van der Waals surface area contributed by atoms with Gasteiger partial charge < -0.3 is 5.32 Å². The van der Waals surface area contributed by atoms with Crippen LogP contribution in [-0.4, -0.2) is 39.9 Å². The van der Waals surface area contributed by atoms with Gasteiger partial charge in [0.15, 0.2) is 0 Å². The Bertz CT molecular complexity index is 1410. The van der Waals surface area contributed by atoms with Crippen LogP contribution < -0.4 is 10.2 Å². The van der Waals surface area contributed by atoms with E-state index in [-0.39, 0.29) is 35.4 Å². The summed E-state index contributed by atoms with van der Waals surface area (Å²) in [5.41, 5.74) is 4.52. The van der Waals surface area contributed by atoms with Crippen LogP contribution in [0.15, 0.2) is 66.0 Å². The molecule has 1 unspecified atom stereocenters. The molecule has 0 saturated carbocycles. The van der Waals surface area contributed by atoms with Crippen LogP contribution in [-0.2, 0) is 9.59 Å². The summed E-state index contributed by atoms with van der Waals surface area (Å²) in [7, 11) is 0. The number of nitrogens with one attached hydrogen (secondary N) is 1. The van der Waals surface area contributed by atoms with E-state index in [2.05, 4.69) is 11.4 Å². The molecule has 0 radical (unpaired) electrons. The largest absolute Gasteiger partial charge is 0.352 e. The van der Waals surface area contributed by atoms with Gasteiger partial charge in [0.1, 0.15) is 12.4 Å². The van der Waals surface area contributed by atoms with Gasteiger partial charge in [0.05, 0.1) is 22.4 Å². The second-order valence-corrected chi connectivity index (χ2v) is 11.8. The van der Waals surface area contributed by atoms with E-state index in [1.807, 2.05) is 85.4 Å². The highest BCUT2D eigenvalue weighted by Gasteiger charge is 2.38. The SMILES string of the molecule is Cc1ccc(-n2nc(-c3ccc(Cl)cc3)c3c2N(CC(=O)NC(C)C)C(=O)CSC3c2cccs2)cc1. The van der Waals surface area contributed by atoms with Crippen molar-refractivity contribution in [1.82, 2.24) is 15.1 Å². The van der Waals surface area contributed by atoms with Gasteiger partial charge in [-0.25, -0.2) is 4.68 Å². The highest BCUT2D eigenvalue weighted by Crippen LogP contribution is 2.49. The van der Waals surface area contributed by atoms with Crippen molar-refractivity contribution in [2.24, 2.45) is 0 Å². The van der Waals surface area contributed by atoms with Crippen molar-refractivity contribution >= 4 is 52.3 Å². The number of nitrogens with zero attached hydrogens (tertiary/aromatic N) is 3. The Morgan fingerprint density at radius 2 is 1.86 bits per heavy atom. The summed E-state index contributed by atoms with van der Waals surface area (Å²) in [5.74, 6) is 0.542. The number of hydrogen-bond acceptors (Lipinski definition) is 5. The fourth-order valence-electron chi connectivity index (χ4n) is 4.38. The lowest BCUT2D eigenvalue weighted by atomic mass is 10.0. The van der Waals surface area contributed by atoms with Crippen molar-refractivity contribution in [2.75, 3.05) is 17.2 Å². The zero-order chi connectivity index (χ0) is 26.1. The Morgan fingerprint density at radius 1 is 1.14 bits per heavy atom. The molecule has 0 bridgehead atoms. The first-order chi connectivity index (χ1) is 17.8. The number of amides is 2. The van der Waals surface area contributed by atoms with Crippen molar-refractivity contribution in [3.63, 3.8) is 0 Å². The summed E-state index contributed by atoms with van der Waals surface area (Å²) < 4.78 is 1.81. The lowest BCUT2D eigenvalue weighted by Gasteiger charge is -2.23. The number of thiophene rings is 1. The first-order valence-corrected chi connectivity index (χ1v) is 14.3. The summed E-state index contributed by atoms with van der Waals surface area (Å²) in [5, 5.41) is 10.6. The number of carbonyl (C=O) groups is 2. The van der Waals surface area contributed by atoms with E-state index in [1.165, 1.54) is 0 Å². The van der Waals surface area contributed by atoms with Crippen LogP contribution >= 0.6 is 34.7 Å². The van der Waals surface area contributed by atoms with Crippen LogP contribution in [0.25, 0.3) is 16.9 Å². The van der Waals surface area contributed by atoms with E-state index < -0.39 is 0 Å². The van der Waals surface area contributed by atoms with Crippen LogP contribution in [0.2, 0.25) is 5.02 Å². The van der Waals surface area contributed by atoms with Gasteiger partial charge in [-0.15, -0.1) is 23.1 Å². The normalized spacial score (nSPS) is 15.5. The summed E-state index contributed by atoms with van der Waals surface area (Å²) >= 11 is 9.43. The Morgan fingerprint density at radius 3 is 2.51 bits per heavy atom. The first kappa shape index (κ1) is 25.6. The Kier molecular flexibility index (Phi) is 7.42. The summed E-state index contributed by atoms with van der Waals surface area (Å²) in [6.45, 7) is 5.76. The van der Waals surface area contributed by atoms with Crippen molar-refractivity contribution < 1.29 is 9.59 Å². The predicted molar refractivity (Wildman–Crippen MR) is 153 cm³/mol. The number of anilines is 1. The van der Waals surface area contributed by atoms with Gasteiger partial charge in [-0.1, -0.05) is 47.5 Å². The summed E-state index contributed by atoms with van der Waals surface area (Å²) in [6.07, 6.45) is 0. The molecule has 2 aromatic heterocycles. The average molecular weight is 551 g/mol. The fraction of sp³-hybridized carbons (Fsp3) is 0.250. The van der Waals surface area contributed by atoms with Crippen LogP contribution in [0, 0.1) is 6.92 Å². The second kappa shape index (κ2) is 10.7. The van der Waals surface area contributed by atoms with E-state index in [1.54, 1.807) is 28.0 Å². The quantitative estimate of drug-likeness (QED) is 0.308. The molecule has 2 amide bonds. The number of rotatable bonds is 6. The molecule has 6 nitrogen and oxygen atoms in total. The molecule has 37 heavy (non-hydrogen) atoms. The molecule has 0 aliphatic carbocycles. The van der Waals surface area contributed by atoms with Crippen molar-refractivity contribution in [2.45, 2.75) is 32.1 Å². The fourth-order valence-corrected chi connectivity index (χ4v) is 6.68. The van der Waals surface area contributed by atoms with E-state index in [4.69, 9.17) is 16.7 Å². The predicted octanol–water partition coefficient (Wildman–Crippen LogP) is 6.26. The average Bonchev–Trinajstić information content (AvgIpc) is 3.50. The standard InChI is InChI=1S/C28H27ClN4O2S2/c1-17(2)30-23(34)15-32-24(35)16-37-27(22-5-4-14-36-22)25-26(19-8-10-20(29)11-9-19)31-33(28(25)32)21-12-6-18(3)7-13-21/h4-14,17,27H,15-16H2,1-3H3,(H,30,34). The minimum atomic E-state index is -0.210. The van der Waals surface area contributed by atoms with Gasteiger partial charge in [0.25, 0.3) is 0 Å². The maximum absolute atomic E-state index is 13.6. The molecular formula is C28H27ClN4O2S2. The van der Waals surface area contributed by atoms with E-state index in [9.17, 15) is 9.59 Å². The topological polar surface area (TPSA) is 67.2 Å². The number of benzene rings is 2. The zero-order valence-electron chi connectivity index (χ0n) is 20.8. The maximum atomic E-state index is 13.6. The van der Waals surface area contributed by atoms with Crippen LogP contribution in [0.5, 0.6) is 0 Å². The van der Waals surface area contributed by atoms with Gasteiger partial charge >= 0.3 is 0 Å². The Balaban J connectivity index is 1.78. The number of thioether (sulfide) groups is 1. The number of carbonyl (C=O) groups excluding carboxylic acids is 2. The molecule has 9 heteroatoms. The number of fused-ring (bicyclic) bond motifs is 1. The molecule has 5 rings (SSSR count). The van der Waals surface area contributed by atoms with Gasteiger partial charge in [0.2, 0.25) is 11.8 Å². The molecule has 3 heterocycles. The minimum Gasteiger partial charge on any atom is -0.352 e. The highest BCUT2D eigenvalue weighted by atomic mass is 35.5.